The highest BCUT2D eigenvalue weighted by Crippen LogP contribution is 2.33. The van der Waals surface area contributed by atoms with E-state index in [-0.39, 0.29) is 30.3 Å². The number of esters is 1. The first-order chi connectivity index (χ1) is 18.6. The summed E-state index contributed by atoms with van der Waals surface area (Å²) in [5.41, 5.74) is 1.36. The molecule has 3 aliphatic heterocycles. The van der Waals surface area contributed by atoms with Gasteiger partial charge < -0.3 is 28.3 Å². The van der Waals surface area contributed by atoms with Crippen LogP contribution in [0.2, 0.25) is 0 Å². The number of carbonyl (C=O) groups excluding carboxylic acids is 2. The smallest absolute Gasteiger partial charge is 0.310 e. The lowest BCUT2D eigenvalue weighted by molar-refractivity contribution is -0.149. The predicted molar refractivity (Wildman–Crippen MR) is 136 cm³/mol. The first-order valence-corrected chi connectivity index (χ1v) is 13.4. The maximum absolute atomic E-state index is 13.1. The van der Waals surface area contributed by atoms with Crippen LogP contribution in [0, 0.1) is 5.92 Å². The van der Waals surface area contributed by atoms with Crippen LogP contribution < -0.4 is 9.47 Å². The van der Waals surface area contributed by atoms with Crippen LogP contribution in [0.5, 0.6) is 11.5 Å². The summed E-state index contributed by atoms with van der Waals surface area (Å²) in [5, 5.41) is 0. The Morgan fingerprint density at radius 1 is 1.13 bits per heavy atom. The molecule has 0 saturated carbocycles. The maximum Gasteiger partial charge on any atom is 0.310 e. The quantitative estimate of drug-likeness (QED) is 0.426. The Morgan fingerprint density at radius 3 is 2.82 bits per heavy atom. The molecule has 2 aromatic rings. The van der Waals surface area contributed by atoms with Crippen LogP contribution in [0.25, 0.3) is 0 Å². The van der Waals surface area contributed by atoms with E-state index < -0.39 is 0 Å². The zero-order valence-corrected chi connectivity index (χ0v) is 21.9. The average molecular weight is 529 g/mol. The van der Waals surface area contributed by atoms with E-state index in [4.69, 9.17) is 23.4 Å². The lowest BCUT2D eigenvalue weighted by Gasteiger charge is -2.30. The molecule has 3 aliphatic rings. The van der Waals surface area contributed by atoms with Gasteiger partial charge in [-0.05, 0) is 37.5 Å². The van der Waals surface area contributed by atoms with Crippen LogP contribution in [-0.2, 0) is 27.4 Å². The number of amides is 1. The number of carbonyl (C=O) groups is 2. The molecule has 2 fully saturated rings. The summed E-state index contributed by atoms with van der Waals surface area (Å²) < 4.78 is 27.4. The Kier molecular flexibility index (Phi) is 8.77. The first kappa shape index (κ1) is 26.5. The van der Waals surface area contributed by atoms with Crippen LogP contribution in [0.4, 0.5) is 0 Å². The van der Waals surface area contributed by atoms with Crippen molar-refractivity contribution in [3.8, 4) is 11.5 Å². The highest BCUT2D eigenvalue weighted by Gasteiger charge is 2.31. The first-order valence-electron chi connectivity index (χ1n) is 13.4. The number of likely N-dealkylation sites (tertiary alicyclic amines) is 1. The molecule has 1 aromatic heterocycles. The van der Waals surface area contributed by atoms with Crippen LogP contribution in [0.15, 0.2) is 28.9 Å². The number of hydrogen-bond acceptors (Lipinski definition) is 10. The van der Waals surface area contributed by atoms with Gasteiger partial charge in [-0.25, -0.2) is 4.98 Å². The van der Waals surface area contributed by atoms with Crippen molar-refractivity contribution in [3.63, 3.8) is 0 Å². The number of fused-ring (bicyclic) bond motifs is 1. The van der Waals surface area contributed by atoms with Gasteiger partial charge in [0.05, 0.1) is 32.3 Å². The fraction of sp³-hybridized carbons (Fsp3) is 0.593. The monoisotopic (exact) mass is 528 g/mol. The fourth-order valence-corrected chi connectivity index (χ4v) is 5.07. The van der Waals surface area contributed by atoms with Gasteiger partial charge in [0.25, 0.3) is 5.91 Å². The summed E-state index contributed by atoms with van der Waals surface area (Å²) in [5.74, 6) is 1.23. The molecule has 11 heteroatoms. The highest BCUT2D eigenvalue weighted by molar-refractivity contribution is 5.92. The predicted octanol–water partition coefficient (Wildman–Crippen LogP) is 2.15. The van der Waals surface area contributed by atoms with Crippen molar-refractivity contribution >= 4 is 11.9 Å². The van der Waals surface area contributed by atoms with Crippen LogP contribution in [-0.4, -0.2) is 97.4 Å². The van der Waals surface area contributed by atoms with Crippen molar-refractivity contribution in [2.45, 2.75) is 32.9 Å². The second kappa shape index (κ2) is 12.6. The Hall–Kier alpha value is -3.15. The molecule has 1 unspecified atom stereocenters. The molecule has 0 radical (unpaired) electrons. The van der Waals surface area contributed by atoms with Crippen molar-refractivity contribution in [2.75, 3.05) is 65.9 Å². The molecule has 4 heterocycles. The normalized spacial score (nSPS) is 19.6. The maximum atomic E-state index is 13.1. The van der Waals surface area contributed by atoms with Gasteiger partial charge in [-0.2, -0.15) is 0 Å². The summed E-state index contributed by atoms with van der Waals surface area (Å²) in [6, 6.07) is 5.98. The summed E-state index contributed by atoms with van der Waals surface area (Å²) >= 11 is 0. The van der Waals surface area contributed by atoms with Gasteiger partial charge in [0.2, 0.25) is 12.7 Å². The van der Waals surface area contributed by atoms with Gasteiger partial charge in [-0.1, -0.05) is 6.07 Å². The van der Waals surface area contributed by atoms with Gasteiger partial charge in [0.15, 0.2) is 17.2 Å². The van der Waals surface area contributed by atoms with Gasteiger partial charge in [0, 0.05) is 45.8 Å². The van der Waals surface area contributed by atoms with E-state index >= 15 is 0 Å². The van der Waals surface area contributed by atoms with Gasteiger partial charge in [0.1, 0.15) is 6.26 Å². The van der Waals surface area contributed by atoms with Crippen LogP contribution in [0.1, 0.15) is 41.7 Å². The highest BCUT2D eigenvalue weighted by atomic mass is 16.7. The van der Waals surface area contributed by atoms with E-state index in [9.17, 15) is 9.59 Å². The summed E-state index contributed by atoms with van der Waals surface area (Å²) in [4.78, 5) is 36.2. The number of aromatic nitrogens is 1. The van der Waals surface area contributed by atoms with Crippen molar-refractivity contribution < 1.29 is 33.0 Å². The van der Waals surface area contributed by atoms with Gasteiger partial charge >= 0.3 is 5.97 Å². The van der Waals surface area contributed by atoms with E-state index in [0.29, 0.717) is 38.7 Å². The number of ether oxygens (including phenoxy) is 4. The van der Waals surface area contributed by atoms with Crippen molar-refractivity contribution in [2.24, 2.45) is 5.92 Å². The molecular formula is C27H36N4O7. The molecule has 0 N–H and O–H groups in total. The third-order valence-electron chi connectivity index (χ3n) is 7.14. The second-order valence-corrected chi connectivity index (χ2v) is 9.82. The SMILES string of the molecule is CCOC(=O)C1CCCN(C(=O)c2coc(CN(CCN3CCOCC3)Cc3ccc4c(c3)OCO4)n2)C1. The zero-order valence-electron chi connectivity index (χ0n) is 21.9. The Labute approximate surface area is 222 Å². The van der Waals surface area contributed by atoms with E-state index in [2.05, 4.69) is 14.8 Å². The summed E-state index contributed by atoms with van der Waals surface area (Å²) in [7, 11) is 0. The molecule has 0 spiro atoms. The fourth-order valence-electron chi connectivity index (χ4n) is 5.07. The number of morpholine rings is 1. The Morgan fingerprint density at radius 2 is 1.97 bits per heavy atom. The van der Waals surface area contributed by atoms with Crippen LogP contribution >= 0.6 is 0 Å². The number of benzene rings is 1. The molecule has 206 valence electrons. The van der Waals surface area contributed by atoms with Crippen molar-refractivity contribution in [1.29, 1.82) is 0 Å². The van der Waals surface area contributed by atoms with Crippen molar-refractivity contribution in [1.82, 2.24) is 19.7 Å². The van der Waals surface area contributed by atoms with Gasteiger partial charge in [-0.3, -0.25) is 19.4 Å². The third kappa shape index (κ3) is 6.64. The molecule has 2 saturated heterocycles. The molecule has 11 nitrogen and oxygen atoms in total. The lowest BCUT2D eigenvalue weighted by atomic mass is 9.98. The minimum Gasteiger partial charge on any atom is -0.466 e. The second-order valence-electron chi connectivity index (χ2n) is 9.82. The number of nitrogens with zero attached hydrogens (tertiary/aromatic N) is 4. The molecule has 5 rings (SSSR count). The Balaban J connectivity index is 1.23. The van der Waals surface area contributed by atoms with Crippen LogP contribution in [0.3, 0.4) is 0 Å². The minimum atomic E-state index is -0.295. The van der Waals surface area contributed by atoms with E-state index in [0.717, 1.165) is 69.3 Å². The molecule has 1 amide bonds. The molecule has 1 atom stereocenters. The molecule has 0 bridgehead atoms. The minimum absolute atomic E-state index is 0.218. The number of piperidine rings is 1. The lowest BCUT2D eigenvalue weighted by Crippen LogP contribution is -2.43. The number of hydrogen-bond donors (Lipinski definition) is 0. The molecular weight excluding hydrogens is 492 g/mol. The number of rotatable bonds is 10. The summed E-state index contributed by atoms with van der Waals surface area (Å²) in [6.45, 7) is 9.45. The Bertz CT molecular complexity index is 1100. The molecule has 0 aliphatic carbocycles. The number of oxazole rings is 1. The van der Waals surface area contributed by atoms with Crippen molar-refractivity contribution in [3.05, 3.63) is 41.6 Å². The topological polar surface area (TPSA) is 107 Å². The van der Waals surface area contributed by atoms with E-state index in [1.54, 1.807) is 11.8 Å². The standard InChI is InChI=1S/C27H36N4O7/c1-2-35-27(33)21-4-3-7-31(16-21)26(32)22-18-36-25(28-22)17-30(9-8-29-10-12-34-13-11-29)15-20-5-6-23-24(14-20)38-19-37-23/h5-6,14,18,21H,2-4,7-13,15-17,19H2,1H3. The van der Waals surface area contributed by atoms with Gasteiger partial charge in [-0.15, -0.1) is 0 Å². The average Bonchev–Trinajstić information content (AvgIpc) is 3.61. The molecule has 38 heavy (non-hydrogen) atoms. The molecule has 1 aromatic carbocycles. The zero-order chi connectivity index (χ0) is 26.3. The van der Waals surface area contributed by atoms with E-state index in [1.807, 2.05) is 18.2 Å². The largest absolute Gasteiger partial charge is 0.466 e. The third-order valence-corrected chi connectivity index (χ3v) is 7.14. The summed E-state index contributed by atoms with van der Waals surface area (Å²) in [6.07, 6.45) is 2.90. The van der Waals surface area contributed by atoms with E-state index in [1.165, 1.54) is 6.26 Å².